The van der Waals surface area contributed by atoms with E-state index in [1.165, 1.54) is 12.8 Å². The molecule has 1 saturated heterocycles. The molecule has 0 saturated carbocycles. The molecule has 1 fully saturated rings. The summed E-state index contributed by atoms with van der Waals surface area (Å²) in [7, 11) is 0.476. The first-order chi connectivity index (χ1) is 21.8. The highest BCUT2D eigenvalue weighted by Gasteiger charge is 2.39. The van der Waals surface area contributed by atoms with Crippen molar-refractivity contribution in [2.24, 2.45) is 0 Å². The first kappa shape index (κ1) is 38.6. The largest absolute Gasteiger partial charge is 0.543 e. The lowest BCUT2D eigenvalue weighted by Gasteiger charge is -2.36. The van der Waals surface area contributed by atoms with Crippen LogP contribution >= 0.6 is 0 Å². The fourth-order valence-corrected chi connectivity index (χ4v) is 6.36. The minimum atomic E-state index is -1.83. The van der Waals surface area contributed by atoms with Crippen LogP contribution in [0.2, 0.25) is 36.3 Å². The van der Waals surface area contributed by atoms with Crippen LogP contribution in [0, 0.1) is 0 Å². The fourth-order valence-electron chi connectivity index (χ4n) is 4.31. The maximum Gasteiger partial charge on any atom is 0.250 e. The molecule has 0 unspecified atom stereocenters. The molecule has 47 heavy (non-hydrogen) atoms. The number of hydrogen-bond acceptors (Lipinski definition) is 7. The number of rotatable bonds is 7. The Hall–Kier alpha value is -2.83. The third kappa shape index (κ3) is 11.4. The SMILES string of the molecule is C1CCOC1.CC(C)(C)[Si](C)(C)Oc1ccc2ccc(CO)nc2c1.CN(C)Cc1ccc2ccc(O[Si](C)(C)C(C)(C)C)cc2n1. The van der Waals surface area contributed by atoms with Crippen molar-refractivity contribution in [3.8, 4) is 11.5 Å². The number of aliphatic hydroxyl groups is 1. The van der Waals surface area contributed by atoms with Crippen LogP contribution in [0.5, 0.6) is 11.5 Å². The number of benzene rings is 2. The fraction of sp³-hybridized carbons (Fsp3) is 0.526. The van der Waals surface area contributed by atoms with Crippen LogP contribution in [-0.4, -0.2) is 63.9 Å². The average molecular weight is 678 g/mol. The van der Waals surface area contributed by atoms with Gasteiger partial charge >= 0.3 is 0 Å². The second-order valence-electron chi connectivity index (χ2n) is 15.8. The molecule has 9 heteroatoms. The number of nitrogens with zero attached hydrogens (tertiary/aromatic N) is 3. The van der Waals surface area contributed by atoms with Gasteiger partial charge in [0.15, 0.2) is 0 Å². The standard InChI is InChI=1S/C18H28N2OSi.C16H23NO2Si.C4H8O/c1-18(2,3)22(6,7)21-16-11-9-14-8-10-15(13-20(4)5)19-17(14)12-16;1-16(2,3)20(4,5)19-14-9-7-12-6-8-13(11-18)17-15(12)10-14;1-2-4-5-3-1/h8-12H,13H2,1-7H3;6-10,18H,11H2,1-5H3;1-4H2. The van der Waals surface area contributed by atoms with Gasteiger partial charge in [0.1, 0.15) is 11.5 Å². The Morgan fingerprint density at radius 2 is 1.09 bits per heavy atom. The van der Waals surface area contributed by atoms with E-state index in [1.807, 2.05) is 30.3 Å². The first-order valence-corrected chi connectivity index (χ1v) is 22.6. The van der Waals surface area contributed by atoms with Crippen LogP contribution in [-0.2, 0) is 17.9 Å². The van der Waals surface area contributed by atoms with Gasteiger partial charge in [-0.15, -0.1) is 0 Å². The van der Waals surface area contributed by atoms with Crippen molar-refractivity contribution in [2.45, 2.75) is 104 Å². The first-order valence-electron chi connectivity index (χ1n) is 16.8. The molecule has 1 aliphatic heterocycles. The molecule has 4 aromatic rings. The third-order valence-corrected chi connectivity index (χ3v) is 18.0. The predicted molar refractivity (Wildman–Crippen MR) is 203 cm³/mol. The van der Waals surface area contributed by atoms with Crippen LogP contribution in [0.25, 0.3) is 21.8 Å². The highest BCUT2D eigenvalue weighted by atomic mass is 28.4. The van der Waals surface area contributed by atoms with Gasteiger partial charge < -0.3 is 23.6 Å². The number of pyridine rings is 2. The molecule has 3 heterocycles. The summed E-state index contributed by atoms with van der Waals surface area (Å²) in [6.07, 6.45) is 2.56. The molecule has 0 amide bonds. The summed E-state index contributed by atoms with van der Waals surface area (Å²) < 4.78 is 17.6. The minimum Gasteiger partial charge on any atom is -0.543 e. The molecule has 2 aromatic heterocycles. The molecule has 5 rings (SSSR count). The lowest BCUT2D eigenvalue weighted by molar-refractivity contribution is 0.198. The molecular weight excluding hydrogens is 619 g/mol. The normalized spacial score (nSPS) is 14.0. The van der Waals surface area contributed by atoms with Crippen molar-refractivity contribution < 1.29 is 18.7 Å². The quantitative estimate of drug-likeness (QED) is 0.195. The third-order valence-electron chi connectivity index (χ3n) is 9.27. The van der Waals surface area contributed by atoms with E-state index < -0.39 is 16.6 Å². The van der Waals surface area contributed by atoms with E-state index in [0.717, 1.165) is 58.8 Å². The Kier molecular flexibility index (Phi) is 13.2. The molecule has 7 nitrogen and oxygen atoms in total. The monoisotopic (exact) mass is 677 g/mol. The zero-order chi connectivity index (χ0) is 35.0. The molecular formula is C38H59N3O4Si2. The Morgan fingerprint density at radius 1 is 0.681 bits per heavy atom. The van der Waals surface area contributed by atoms with Crippen LogP contribution < -0.4 is 8.85 Å². The highest BCUT2D eigenvalue weighted by Crippen LogP contribution is 2.39. The predicted octanol–water partition coefficient (Wildman–Crippen LogP) is 9.59. The molecule has 0 bridgehead atoms. The van der Waals surface area contributed by atoms with Crippen LogP contribution in [0.15, 0.2) is 60.7 Å². The number of aliphatic hydroxyl groups excluding tert-OH is 1. The molecule has 0 aliphatic carbocycles. The second kappa shape index (κ2) is 16.0. The molecule has 0 atom stereocenters. The van der Waals surface area contributed by atoms with Crippen LogP contribution in [0.1, 0.15) is 65.8 Å². The minimum absolute atomic E-state index is 0.0384. The summed E-state index contributed by atoms with van der Waals surface area (Å²) in [4.78, 5) is 11.3. The van der Waals surface area contributed by atoms with Gasteiger partial charge in [0.25, 0.3) is 0 Å². The Labute approximate surface area is 285 Å². The van der Waals surface area contributed by atoms with Crippen LogP contribution in [0.4, 0.5) is 0 Å². The summed E-state index contributed by atoms with van der Waals surface area (Å²) in [6.45, 7) is 25.3. The van der Waals surface area contributed by atoms with Crippen molar-refractivity contribution in [2.75, 3.05) is 27.3 Å². The number of ether oxygens (including phenoxy) is 1. The van der Waals surface area contributed by atoms with Crippen molar-refractivity contribution in [3.63, 3.8) is 0 Å². The van der Waals surface area contributed by atoms with Crippen LogP contribution in [0.3, 0.4) is 0 Å². The van der Waals surface area contributed by atoms with E-state index in [9.17, 15) is 5.11 Å². The molecule has 1 N–H and O–H groups in total. The Morgan fingerprint density at radius 3 is 1.45 bits per heavy atom. The number of hydrogen-bond donors (Lipinski definition) is 1. The van der Waals surface area contributed by atoms with Crippen molar-refractivity contribution in [1.29, 1.82) is 0 Å². The van der Waals surface area contributed by atoms with Gasteiger partial charge in [0.2, 0.25) is 16.6 Å². The number of fused-ring (bicyclic) bond motifs is 2. The Balaban J connectivity index is 0.000000223. The molecule has 2 aromatic carbocycles. The highest BCUT2D eigenvalue weighted by molar-refractivity contribution is 6.75. The van der Waals surface area contributed by atoms with Gasteiger partial charge in [0, 0.05) is 42.7 Å². The van der Waals surface area contributed by atoms with E-state index in [1.54, 1.807) is 0 Å². The molecule has 0 spiro atoms. The Bertz CT molecular complexity index is 1580. The van der Waals surface area contributed by atoms with Crippen molar-refractivity contribution >= 4 is 38.4 Å². The van der Waals surface area contributed by atoms with E-state index in [2.05, 4.69) is 122 Å². The van der Waals surface area contributed by atoms with Crippen molar-refractivity contribution in [3.05, 3.63) is 72.1 Å². The maximum absolute atomic E-state index is 9.17. The second-order valence-corrected chi connectivity index (χ2v) is 25.2. The number of aromatic nitrogens is 2. The molecule has 258 valence electrons. The molecule has 1 aliphatic rings. The molecule has 0 radical (unpaired) electrons. The zero-order valence-corrected chi connectivity index (χ0v) is 33.0. The summed E-state index contributed by atoms with van der Waals surface area (Å²) in [5, 5.41) is 11.8. The average Bonchev–Trinajstić information content (AvgIpc) is 3.56. The summed E-state index contributed by atoms with van der Waals surface area (Å²) in [5.41, 5.74) is 3.65. The van der Waals surface area contributed by atoms with Gasteiger partial charge in [-0.25, -0.2) is 0 Å². The summed E-state index contributed by atoms with van der Waals surface area (Å²) in [5.74, 6) is 1.81. The van der Waals surface area contributed by atoms with Gasteiger partial charge in [-0.1, -0.05) is 53.7 Å². The van der Waals surface area contributed by atoms with Gasteiger partial charge in [-0.3, -0.25) is 9.97 Å². The van der Waals surface area contributed by atoms with E-state index >= 15 is 0 Å². The lowest BCUT2D eigenvalue weighted by Crippen LogP contribution is -2.43. The van der Waals surface area contributed by atoms with E-state index in [0.29, 0.717) is 5.69 Å². The maximum atomic E-state index is 9.17. The summed E-state index contributed by atoms with van der Waals surface area (Å²) in [6, 6.07) is 20.3. The van der Waals surface area contributed by atoms with Crippen molar-refractivity contribution in [1.82, 2.24) is 14.9 Å². The zero-order valence-electron chi connectivity index (χ0n) is 31.0. The van der Waals surface area contributed by atoms with E-state index in [-0.39, 0.29) is 16.7 Å². The summed E-state index contributed by atoms with van der Waals surface area (Å²) >= 11 is 0. The van der Waals surface area contributed by atoms with E-state index in [4.69, 9.17) is 18.6 Å². The van der Waals surface area contributed by atoms with Gasteiger partial charge in [0.05, 0.1) is 29.0 Å². The van der Waals surface area contributed by atoms with Gasteiger partial charge in [-0.05, 0) is 99.6 Å². The van der Waals surface area contributed by atoms with Gasteiger partial charge in [-0.2, -0.15) is 0 Å². The lowest BCUT2D eigenvalue weighted by atomic mass is 10.2. The smallest absolute Gasteiger partial charge is 0.250 e. The topological polar surface area (TPSA) is 76.9 Å².